The second kappa shape index (κ2) is 19.7. The molecule has 0 aliphatic carbocycles. The molecule has 0 radical (unpaired) electrons. The van der Waals surface area contributed by atoms with E-state index in [0.29, 0.717) is 0 Å². The number of hydrogen-bond acceptors (Lipinski definition) is 2. The second-order valence-corrected chi connectivity index (χ2v) is 14.7. The Morgan fingerprint density at radius 2 is 1.27 bits per heavy atom. The number of nitrogens with two attached hydrogens (primary N) is 1. The van der Waals surface area contributed by atoms with E-state index >= 15 is 0 Å². The standard InChI is InChI=1S/C58H48N2/c59-41-16-24-46(45-17-6-3-7-18-45)19-8-4-9-20-51(55-27-15-23-50-22-10-11-25-54(50)55)34-31-44-29-32-47(33-30-44)48-35-37-49(38-36-48)53-40-39-52-21-5-1-2-14-42-60-58-28-13-12-26-56(58)57(52)43-53/h1-7,9-18,20-43,60H,8,19,59H2/b2-1-,9-4+,21-5-,34-31-,41-16+,42-14+,46-24+,51-20+. The highest BCUT2D eigenvalue weighted by molar-refractivity contribution is 5.97. The lowest BCUT2D eigenvalue weighted by molar-refractivity contribution is 1.07. The van der Waals surface area contributed by atoms with Gasteiger partial charge >= 0.3 is 0 Å². The van der Waals surface area contributed by atoms with Crippen molar-refractivity contribution < 1.29 is 0 Å². The van der Waals surface area contributed by atoms with Gasteiger partial charge in [0.25, 0.3) is 0 Å². The number of rotatable bonds is 11. The Hall–Kier alpha value is -7.68. The lowest BCUT2D eigenvalue weighted by atomic mass is 9.92. The minimum absolute atomic E-state index is 0.914. The lowest BCUT2D eigenvalue weighted by Crippen LogP contribution is -1.93. The molecule has 0 amide bonds. The summed E-state index contributed by atoms with van der Waals surface area (Å²) in [6, 6.07) is 58.6. The maximum absolute atomic E-state index is 5.67. The molecule has 0 unspecified atom stereocenters. The van der Waals surface area contributed by atoms with Gasteiger partial charge in [-0.25, -0.2) is 0 Å². The van der Waals surface area contributed by atoms with Gasteiger partial charge in [-0.05, 0) is 115 Å². The van der Waals surface area contributed by atoms with Crippen LogP contribution in [0.5, 0.6) is 0 Å². The number of nitrogens with one attached hydrogen (secondary N) is 1. The van der Waals surface area contributed by atoms with Crippen LogP contribution in [0, 0.1) is 0 Å². The Balaban J connectivity index is 1.01. The normalized spacial score (nSPS) is 14.7. The Morgan fingerprint density at radius 1 is 0.567 bits per heavy atom. The van der Waals surface area contributed by atoms with Crippen molar-refractivity contribution in [1.29, 1.82) is 0 Å². The van der Waals surface area contributed by atoms with E-state index in [0.717, 1.165) is 29.7 Å². The molecule has 0 aromatic heterocycles. The van der Waals surface area contributed by atoms with Crippen LogP contribution >= 0.6 is 0 Å². The smallest absolute Gasteiger partial charge is 0.0459 e. The molecule has 7 aromatic carbocycles. The SMILES string of the molecule is N/C=C/C=C(\CC/C=C/C=C(\C=C/c1ccc(-c2ccc(-c3ccc4c(c3)-c3ccccc3N/C=C/C=C\C=C/4)cc2)cc1)c1cccc2ccccc12)c1ccccc1. The minimum Gasteiger partial charge on any atom is -0.405 e. The molecular weight excluding hydrogens is 725 g/mol. The maximum Gasteiger partial charge on any atom is 0.0459 e. The highest BCUT2D eigenvalue weighted by atomic mass is 14.8. The number of anilines is 1. The van der Waals surface area contributed by atoms with Gasteiger partial charge in [0, 0.05) is 17.5 Å². The first-order chi connectivity index (χ1) is 29.7. The molecule has 60 heavy (non-hydrogen) atoms. The zero-order chi connectivity index (χ0) is 40.8. The number of para-hydroxylation sites is 1. The molecule has 1 heterocycles. The first-order valence-electron chi connectivity index (χ1n) is 20.6. The summed E-state index contributed by atoms with van der Waals surface area (Å²) in [6.45, 7) is 0. The monoisotopic (exact) mass is 772 g/mol. The van der Waals surface area contributed by atoms with E-state index in [2.05, 4.69) is 218 Å². The molecule has 0 saturated carbocycles. The second-order valence-electron chi connectivity index (χ2n) is 14.7. The molecule has 7 aromatic rings. The van der Waals surface area contributed by atoms with E-state index in [-0.39, 0.29) is 0 Å². The van der Waals surface area contributed by atoms with Crippen molar-refractivity contribution in [2.45, 2.75) is 12.8 Å². The van der Waals surface area contributed by atoms with E-state index in [1.54, 1.807) is 6.20 Å². The van der Waals surface area contributed by atoms with Gasteiger partial charge in [-0.15, -0.1) is 0 Å². The Kier molecular flexibility index (Phi) is 12.8. The fraction of sp³-hybridized carbons (Fsp3) is 0.0345. The third-order valence-electron chi connectivity index (χ3n) is 10.8. The average Bonchev–Trinajstić information content (AvgIpc) is 3.35. The van der Waals surface area contributed by atoms with E-state index in [1.807, 2.05) is 30.5 Å². The third kappa shape index (κ3) is 9.70. The molecule has 2 nitrogen and oxygen atoms in total. The fourth-order valence-electron chi connectivity index (χ4n) is 7.63. The molecule has 2 heteroatoms. The summed E-state index contributed by atoms with van der Waals surface area (Å²) in [7, 11) is 0. The zero-order valence-electron chi connectivity index (χ0n) is 33.7. The molecular formula is C58H48N2. The molecule has 0 atom stereocenters. The summed E-state index contributed by atoms with van der Waals surface area (Å²) in [5.41, 5.74) is 21.0. The predicted octanol–water partition coefficient (Wildman–Crippen LogP) is 15.3. The molecule has 0 fully saturated rings. The van der Waals surface area contributed by atoms with Gasteiger partial charge in [0.15, 0.2) is 0 Å². The van der Waals surface area contributed by atoms with Gasteiger partial charge in [0.1, 0.15) is 0 Å². The molecule has 290 valence electrons. The lowest BCUT2D eigenvalue weighted by Gasteiger charge is -2.14. The van der Waals surface area contributed by atoms with Crippen molar-refractivity contribution in [3.63, 3.8) is 0 Å². The van der Waals surface area contributed by atoms with Gasteiger partial charge in [-0.2, -0.15) is 0 Å². The fourth-order valence-corrected chi connectivity index (χ4v) is 7.63. The highest BCUT2D eigenvalue weighted by Crippen LogP contribution is 2.36. The zero-order valence-corrected chi connectivity index (χ0v) is 33.7. The first kappa shape index (κ1) is 39.2. The summed E-state index contributed by atoms with van der Waals surface area (Å²) in [4.78, 5) is 0. The van der Waals surface area contributed by atoms with Crippen molar-refractivity contribution >= 4 is 39.8 Å². The van der Waals surface area contributed by atoms with Crippen LogP contribution in [0.4, 0.5) is 5.69 Å². The van der Waals surface area contributed by atoms with Crippen molar-refractivity contribution in [3.8, 4) is 33.4 Å². The highest BCUT2D eigenvalue weighted by Gasteiger charge is 2.11. The van der Waals surface area contributed by atoms with Crippen molar-refractivity contribution in [1.82, 2.24) is 0 Å². The van der Waals surface area contributed by atoms with Crippen molar-refractivity contribution in [2.75, 3.05) is 5.32 Å². The number of allylic oxidation sites excluding steroid dienone is 12. The van der Waals surface area contributed by atoms with E-state index < -0.39 is 0 Å². The van der Waals surface area contributed by atoms with Gasteiger partial charge in [0.05, 0.1) is 0 Å². The number of benzene rings is 7. The van der Waals surface area contributed by atoms with E-state index in [1.165, 1.54) is 66.4 Å². The molecule has 0 saturated heterocycles. The predicted molar refractivity (Wildman–Crippen MR) is 261 cm³/mol. The summed E-state index contributed by atoms with van der Waals surface area (Å²) < 4.78 is 0. The summed E-state index contributed by atoms with van der Waals surface area (Å²) >= 11 is 0. The summed E-state index contributed by atoms with van der Waals surface area (Å²) in [5.74, 6) is 0. The quantitative estimate of drug-likeness (QED) is 0.129. The van der Waals surface area contributed by atoms with Gasteiger partial charge in [0.2, 0.25) is 0 Å². The number of hydrogen-bond donors (Lipinski definition) is 2. The molecule has 0 spiro atoms. The summed E-state index contributed by atoms with van der Waals surface area (Å²) in [5, 5.41) is 5.93. The van der Waals surface area contributed by atoms with Crippen LogP contribution in [-0.4, -0.2) is 0 Å². The third-order valence-corrected chi connectivity index (χ3v) is 10.8. The average molecular weight is 773 g/mol. The van der Waals surface area contributed by atoms with Crippen molar-refractivity contribution in [2.24, 2.45) is 5.73 Å². The first-order valence-corrected chi connectivity index (χ1v) is 20.6. The summed E-state index contributed by atoms with van der Waals surface area (Å²) in [6.07, 6.45) is 30.9. The largest absolute Gasteiger partial charge is 0.405 e. The van der Waals surface area contributed by atoms with Crippen LogP contribution in [0.15, 0.2) is 237 Å². The van der Waals surface area contributed by atoms with Gasteiger partial charge < -0.3 is 11.1 Å². The number of fused-ring (bicyclic) bond motifs is 4. The Labute approximate surface area is 354 Å². The van der Waals surface area contributed by atoms with Crippen LogP contribution in [-0.2, 0) is 0 Å². The molecule has 8 rings (SSSR count). The van der Waals surface area contributed by atoms with Crippen LogP contribution in [0.2, 0.25) is 0 Å². The van der Waals surface area contributed by atoms with Crippen LogP contribution in [0.25, 0.3) is 67.5 Å². The molecule has 3 N–H and O–H groups in total. The van der Waals surface area contributed by atoms with Crippen LogP contribution in [0.3, 0.4) is 0 Å². The Bertz CT molecular complexity index is 2800. The Morgan fingerprint density at radius 3 is 2.10 bits per heavy atom. The minimum atomic E-state index is 0.914. The van der Waals surface area contributed by atoms with Crippen molar-refractivity contribution in [3.05, 3.63) is 259 Å². The molecule has 1 aliphatic heterocycles. The molecule has 0 bridgehead atoms. The van der Waals surface area contributed by atoms with Gasteiger partial charge in [-0.1, -0.05) is 212 Å². The van der Waals surface area contributed by atoms with Gasteiger partial charge in [-0.3, -0.25) is 0 Å². The molecule has 1 aliphatic rings. The van der Waals surface area contributed by atoms with Crippen LogP contribution in [0.1, 0.15) is 35.1 Å². The topological polar surface area (TPSA) is 38.0 Å². The van der Waals surface area contributed by atoms with E-state index in [9.17, 15) is 0 Å². The maximum atomic E-state index is 5.67. The van der Waals surface area contributed by atoms with Crippen LogP contribution < -0.4 is 11.1 Å². The van der Waals surface area contributed by atoms with E-state index in [4.69, 9.17) is 5.73 Å².